The van der Waals surface area contributed by atoms with Gasteiger partial charge in [0.15, 0.2) is 0 Å². The van der Waals surface area contributed by atoms with Gasteiger partial charge in [-0.25, -0.2) is 0 Å². The average Bonchev–Trinajstić information content (AvgIpc) is 1.50. The van der Waals surface area contributed by atoms with Crippen LogP contribution < -0.4 is 0 Å². The van der Waals surface area contributed by atoms with Crippen LogP contribution in [0, 0.1) is 151 Å². The van der Waals surface area contributed by atoms with Gasteiger partial charge in [0, 0.05) is 157 Å². The Balaban J connectivity index is -0.00000000114. The minimum absolute atomic E-state index is 0. The van der Waals surface area contributed by atoms with Crippen LogP contribution in [0.25, 0.3) is 0 Å². The molecule has 9 heavy (non-hydrogen) atoms. The van der Waals surface area contributed by atoms with Gasteiger partial charge in [-0.1, -0.05) is 6.82 Å². The van der Waals surface area contributed by atoms with Crippen molar-refractivity contribution in [1.29, 1.82) is 0 Å². The van der Waals surface area contributed by atoms with Gasteiger partial charge in [-0.3, -0.25) is 0 Å². The van der Waals surface area contributed by atoms with E-state index in [4.69, 9.17) is 0 Å². The molecule has 0 aliphatic heterocycles. The first-order chi connectivity index (χ1) is 2.00. The molecule has 64 valence electrons. The normalized spacial score (nSPS) is 1.22. The number of hydrogen-bond acceptors (Lipinski definition) is 0. The van der Waals surface area contributed by atoms with Gasteiger partial charge in [-0.2, -0.15) is 0 Å². The Morgan fingerprint density at radius 3 is 0.778 bits per heavy atom. The van der Waals surface area contributed by atoms with E-state index in [1.165, 1.54) is 13.2 Å². The summed E-state index contributed by atoms with van der Waals surface area (Å²) in [7, 11) is 4.50. The van der Waals surface area contributed by atoms with Crippen molar-refractivity contribution in [3.05, 3.63) is 0 Å². The third kappa shape index (κ3) is 57.8. The van der Waals surface area contributed by atoms with Crippen LogP contribution >= 0.6 is 24.0 Å². The molecule has 7 heteroatoms. The molecule has 0 atom stereocenters. The molecule has 0 fully saturated rings. The standard InChI is InChI=1S/CH3B.CH3Cl.4Ar.ClH/c2*1-2;;;;;/h2*1H3;;;;;1H. The van der Waals surface area contributed by atoms with E-state index in [9.17, 15) is 0 Å². The van der Waals surface area contributed by atoms with E-state index in [-0.39, 0.29) is 163 Å². The molecule has 0 heterocycles. The molecule has 0 rings (SSSR count). The maximum Gasteiger partial charge on any atom is 0.0606 e. The topological polar surface area (TPSA) is 0 Å². The smallest absolute Gasteiger partial charge is 0.0606 e. The van der Waals surface area contributed by atoms with Gasteiger partial charge in [0.25, 0.3) is 0 Å². The summed E-state index contributed by atoms with van der Waals surface area (Å²) < 4.78 is 0. The Kier molecular flexibility index (Phi) is 353. The van der Waals surface area contributed by atoms with Gasteiger partial charge in [0.1, 0.15) is 0 Å². The quantitative estimate of drug-likeness (QED) is 0.463. The molecular weight excluding hydrogens is 266 g/mol. The van der Waals surface area contributed by atoms with Crippen molar-refractivity contribution in [1.82, 2.24) is 0 Å². The molecule has 0 unspecified atom stereocenters. The summed E-state index contributed by atoms with van der Waals surface area (Å²) in [4.78, 5) is 0. The first-order valence-corrected chi connectivity index (χ1v) is 1.71. The third-order valence-electron chi connectivity index (χ3n) is 0. The predicted octanol–water partition coefficient (Wildman–Crippen LogP) is 1.48. The second-order valence-electron chi connectivity index (χ2n) is 0. The van der Waals surface area contributed by atoms with Crippen LogP contribution in [0.2, 0.25) is 6.82 Å². The Morgan fingerprint density at radius 1 is 0.778 bits per heavy atom. The van der Waals surface area contributed by atoms with Crippen LogP contribution in [0.1, 0.15) is 0 Å². The second-order valence-corrected chi connectivity index (χ2v) is 0. The zero-order chi connectivity index (χ0) is 4.00. The summed E-state index contributed by atoms with van der Waals surface area (Å²) in [6.07, 6.45) is 1.47. The van der Waals surface area contributed by atoms with E-state index in [0.717, 1.165) is 0 Å². The molecule has 0 aromatic rings. The van der Waals surface area contributed by atoms with Crippen molar-refractivity contribution < 1.29 is 151 Å². The van der Waals surface area contributed by atoms with E-state index in [1.54, 1.807) is 0 Å². The molecule has 0 spiro atoms. The molecule has 0 saturated heterocycles. The fraction of sp³-hybridized carbons (Fsp3) is 1.00. The van der Waals surface area contributed by atoms with Crippen LogP contribution in [0.15, 0.2) is 0 Å². The third-order valence-corrected chi connectivity index (χ3v) is 0. The fourth-order valence-electron chi connectivity index (χ4n) is 0. The summed E-state index contributed by atoms with van der Waals surface area (Å²) in [6.45, 7) is 1.50. The number of hydrogen-bond donors (Lipinski definition) is 0. The van der Waals surface area contributed by atoms with Crippen molar-refractivity contribution in [2.45, 2.75) is 6.82 Å². The van der Waals surface area contributed by atoms with Gasteiger partial charge in [-0.15, -0.1) is 24.0 Å². The van der Waals surface area contributed by atoms with Gasteiger partial charge < -0.3 is 0 Å². The molecule has 0 N–H and O–H groups in total. The van der Waals surface area contributed by atoms with E-state index >= 15 is 0 Å². The van der Waals surface area contributed by atoms with Gasteiger partial charge in [0.2, 0.25) is 0 Å². The number of halogens is 2. The van der Waals surface area contributed by atoms with Crippen LogP contribution in [-0.4, -0.2) is 14.2 Å². The second kappa shape index (κ2) is 68.1. The summed E-state index contributed by atoms with van der Waals surface area (Å²) in [5.74, 6) is 0. The van der Waals surface area contributed by atoms with E-state index < -0.39 is 0 Å². The molecule has 0 bridgehead atoms. The van der Waals surface area contributed by atoms with Gasteiger partial charge >= 0.3 is 0 Å². The van der Waals surface area contributed by atoms with Crippen LogP contribution in [0.3, 0.4) is 0 Å². The molecule has 0 amide bonds. The first-order valence-electron chi connectivity index (χ1n) is 0.955. The largest absolute Gasteiger partial charge is 0.147 e. The Bertz CT molecular complexity index is 16.5. The predicted molar refractivity (Wildman–Crippen MR) is 30.6 cm³/mol. The van der Waals surface area contributed by atoms with Crippen LogP contribution in [0.4, 0.5) is 0 Å². The minimum atomic E-state index is 0. The SMILES string of the molecule is CCl.Cl.[Ar].[Ar].[Ar].[Ar].[B]C. The Labute approximate surface area is 190 Å². The molecule has 0 aromatic carbocycles. The van der Waals surface area contributed by atoms with Crippen molar-refractivity contribution >= 4 is 31.9 Å². The van der Waals surface area contributed by atoms with Crippen molar-refractivity contribution in [3.8, 4) is 0 Å². The zero-order valence-corrected chi connectivity index (χ0v) is 9.18. The molecular formula is C2H7Ar4BCl2. The molecule has 0 saturated carbocycles. The summed E-state index contributed by atoms with van der Waals surface area (Å²) >= 11 is 4.64. The molecule has 0 aliphatic rings. The maximum atomic E-state index is 4.64. The summed E-state index contributed by atoms with van der Waals surface area (Å²) in [5, 5.41) is 0. The summed E-state index contributed by atoms with van der Waals surface area (Å²) in [6, 6.07) is 0. The van der Waals surface area contributed by atoms with Crippen molar-refractivity contribution in [3.63, 3.8) is 0 Å². The molecule has 0 aliphatic carbocycles. The van der Waals surface area contributed by atoms with Crippen molar-refractivity contribution in [2.24, 2.45) is 0 Å². The zero-order valence-electron chi connectivity index (χ0n) is 4.78. The van der Waals surface area contributed by atoms with E-state index in [0.29, 0.717) is 0 Å². The molecule has 0 nitrogen and oxygen atoms in total. The van der Waals surface area contributed by atoms with Gasteiger partial charge in [0.05, 0.1) is 7.85 Å². The minimum Gasteiger partial charge on any atom is -0.147 e. The first kappa shape index (κ1) is 46.6. The number of alkyl halides is 1. The fourth-order valence-corrected chi connectivity index (χ4v) is 0. The average molecular weight is 273 g/mol. The van der Waals surface area contributed by atoms with Gasteiger partial charge in [-0.05, 0) is 0 Å². The monoisotopic (exact) mass is 272 g/mol. The Morgan fingerprint density at radius 2 is 0.778 bits per heavy atom. The van der Waals surface area contributed by atoms with Crippen molar-refractivity contribution in [2.75, 3.05) is 6.38 Å². The molecule has 2 radical (unpaired) electrons. The van der Waals surface area contributed by atoms with Crippen LogP contribution in [-0.2, 0) is 0 Å². The maximum absolute atomic E-state index is 4.64. The van der Waals surface area contributed by atoms with E-state index in [2.05, 4.69) is 19.4 Å². The summed E-state index contributed by atoms with van der Waals surface area (Å²) in [5.41, 5.74) is 0. The van der Waals surface area contributed by atoms with E-state index in [1.807, 2.05) is 0 Å². The van der Waals surface area contributed by atoms with Crippen LogP contribution in [0.5, 0.6) is 0 Å². The Hall–Kier alpha value is 5.68. The number of rotatable bonds is 0. The molecule has 0 aromatic heterocycles.